The number of hydrogen-bond acceptors (Lipinski definition) is 7. The molecule has 0 spiro atoms. The lowest BCUT2D eigenvalue weighted by atomic mass is 10.1. The lowest BCUT2D eigenvalue weighted by molar-refractivity contribution is -0.117. The third-order valence-electron chi connectivity index (χ3n) is 6.11. The molecule has 2 fully saturated rings. The number of hydrazine groups is 1. The first-order chi connectivity index (χ1) is 15.8. The molecular formula is C24H28N6OS. The van der Waals surface area contributed by atoms with Crippen LogP contribution in [0.15, 0.2) is 53.9 Å². The quantitative estimate of drug-likeness (QED) is 0.544. The molecule has 0 aliphatic carbocycles. The second kappa shape index (κ2) is 9.77. The number of aromatic nitrogens is 2. The molecule has 2 atom stereocenters. The first kappa shape index (κ1) is 21.1. The topological polar surface area (TPSA) is 82.2 Å². The van der Waals surface area contributed by atoms with Gasteiger partial charge in [0.05, 0.1) is 11.7 Å². The maximum atomic E-state index is 12.8. The van der Waals surface area contributed by atoms with Crippen molar-refractivity contribution in [3.8, 4) is 11.3 Å². The summed E-state index contributed by atoms with van der Waals surface area (Å²) in [7, 11) is 0. The third-order valence-corrected chi connectivity index (χ3v) is 7.10. The van der Waals surface area contributed by atoms with Crippen LogP contribution in [0.4, 0.5) is 11.5 Å². The zero-order valence-electron chi connectivity index (χ0n) is 18.0. The van der Waals surface area contributed by atoms with Crippen LogP contribution in [0, 0.1) is 0 Å². The maximum absolute atomic E-state index is 12.8. The minimum Gasteiger partial charge on any atom is -0.355 e. The lowest BCUT2D eigenvalue weighted by Crippen LogP contribution is -2.39. The van der Waals surface area contributed by atoms with Gasteiger partial charge in [0.1, 0.15) is 6.04 Å². The van der Waals surface area contributed by atoms with Gasteiger partial charge in [-0.3, -0.25) is 4.79 Å². The van der Waals surface area contributed by atoms with Crippen LogP contribution in [0.2, 0.25) is 0 Å². The predicted molar refractivity (Wildman–Crippen MR) is 129 cm³/mol. The standard InChI is InChI=1S/C24H28N6OS/c31-24(21-16-20(27-28-21)22-9-6-14-32-22)25-18-8-5-7-17(15-18)19-10-11-23(29-26-19)30-12-3-1-2-4-13-30/h5-11,14-15,20-21,27-28H,1-4,12-13,16H2,(H,25,31). The van der Waals surface area contributed by atoms with Gasteiger partial charge in [-0.15, -0.1) is 21.5 Å². The molecule has 32 heavy (non-hydrogen) atoms. The predicted octanol–water partition coefficient (Wildman–Crippen LogP) is 4.13. The number of nitrogens with one attached hydrogen (secondary N) is 3. The zero-order chi connectivity index (χ0) is 21.8. The van der Waals surface area contributed by atoms with Gasteiger partial charge in [0, 0.05) is 29.2 Å². The van der Waals surface area contributed by atoms with E-state index >= 15 is 0 Å². The van der Waals surface area contributed by atoms with Crippen LogP contribution in [0.25, 0.3) is 11.3 Å². The number of nitrogens with zero attached hydrogens (tertiary/aromatic N) is 3. The van der Waals surface area contributed by atoms with E-state index in [1.165, 1.54) is 30.6 Å². The molecule has 2 aliphatic heterocycles. The van der Waals surface area contributed by atoms with E-state index < -0.39 is 0 Å². The Morgan fingerprint density at radius 3 is 2.62 bits per heavy atom. The van der Waals surface area contributed by atoms with Gasteiger partial charge < -0.3 is 10.2 Å². The minimum atomic E-state index is -0.279. The maximum Gasteiger partial charge on any atom is 0.242 e. The normalized spacial score (nSPS) is 21.3. The fourth-order valence-electron chi connectivity index (χ4n) is 4.34. The number of benzene rings is 1. The molecule has 0 bridgehead atoms. The van der Waals surface area contributed by atoms with E-state index in [9.17, 15) is 4.79 Å². The number of carbonyl (C=O) groups is 1. The van der Waals surface area contributed by atoms with Crippen molar-refractivity contribution in [1.29, 1.82) is 0 Å². The SMILES string of the molecule is O=C(Nc1cccc(-c2ccc(N3CCCCCC3)nn2)c1)C1CC(c2cccs2)NN1. The smallest absolute Gasteiger partial charge is 0.242 e. The van der Waals surface area contributed by atoms with E-state index in [2.05, 4.69) is 48.8 Å². The van der Waals surface area contributed by atoms with Crippen molar-refractivity contribution in [2.24, 2.45) is 0 Å². The summed E-state index contributed by atoms with van der Waals surface area (Å²) in [6, 6.07) is 15.9. The fourth-order valence-corrected chi connectivity index (χ4v) is 5.13. The van der Waals surface area contributed by atoms with Crippen molar-refractivity contribution < 1.29 is 4.79 Å². The third kappa shape index (κ3) is 4.82. The monoisotopic (exact) mass is 448 g/mol. The van der Waals surface area contributed by atoms with E-state index in [1.54, 1.807) is 11.3 Å². The van der Waals surface area contributed by atoms with Crippen LogP contribution in [0.5, 0.6) is 0 Å². The van der Waals surface area contributed by atoms with Crippen molar-refractivity contribution in [3.63, 3.8) is 0 Å². The van der Waals surface area contributed by atoms with E-state index in [-0.39, 0.29) is 18.0 Å². The number of amides is 1. The van der Waals surface area contributed by atoms with Crippen molar-refractivity contribution in [3.05, 3.63) is 58.8 Å². The van der Waals surface area contributed by atoms with E-state index in [1.807, 2.05) is 36.4 Å². The van der Waals surface area contributed by atoms with Gasteiger partial charge in [-0.2, -0.15) is 0 Å². The van der Waals surface area contributed by atoms with Crippen molar-refractivity contribution in [2.75, 3.05) is 23.3 Å². The minimum absolute atomic E-state index is 0.0451. The average Bonchev–Trinajstić information content (AvgIpc) is 3.46. The van der Waals surface area contributed by atoms with Crippen molar-refractivity contribution >= 4 is 28.7 Å². The van der Waals surface area contributed by atoms with Crippen LogP contribution in [0.3, 0.4) is 0 Å². The van der Waals surface area contributed by atoms with Crippen LogP contribution < -0.4 is 21.1 Å². The van der Waals surface area contributed by atoms with Crippen LogP contribution in [-0.2, 0) is 4.79 Å². The molecule has 0 radical (unpaired) electrons. The molecule has 0 saturated carbocycles. The second-order valence-electron chi connectivity index (χ2n) is 8.39. The zero-order valence-corrected chi connectivity index (χ0v) is 18.8. The Morgan fingerprint density at radius 2 is 1.88 bits per heavy atom. The molecule has 166 valence electrons. The Hall–Kier alpha value is -2.81. The summed E-state index contributed by atoms with van der Waals surface area (Å²) in [5.41, 5.74) is 8.84. The first-order valence-electron chi connectivity index (χ1n) is 11.3. The van der Waals surface area contributed by atoms with Gasteiger partial charge in [0.15, 0.2) is 5.82 Å². The summed E-state index contributed by atoms with van der Waals surface area (Å²) in [6.07, 6.45) is 5.73. The van der Waals surface area contributed by atoms with Gasteiger partial charge in [0.2, 0.25) is 5.91 Å². The fraction of sp³-hybridized carbons (Fsp3) is 0.375. The van der Waals surface area contributed by atoms with Gasteiger partial charge in [-0.1, -0.05) is 31.0 Å². The molecule has 4 heterocycles. The van der Waals surface area contributed by atoms with E-state index in [0.29, 0.717) is 0 Å². The van der Waals surface area contributed by atoms with Gasteiger partial charge in [0.25, 0.3) is 0 Å². The Bertz CT molecular complexity index is 1030. The molecule has 2 aliphatic rings. The van der Waals surface area contributed by atoms with E-state index in [0.717, 1.165) is 42.3 Å². The molecule has 2 unspecified atom stereocenters. The Balaban J connectivity index is 1.23. The summed E-state index contributed by atoms with van der Waals surface area (Å²) in [6.45, 7) is 2.10. The summed E-state index contributed by atoms with van der Waals surface area (Å²) in [4.78, 5) is 16.3. The molecular weight excluding hydrogens is 420 g/mol. The first-order valence-corrected chi connectivity index (χ1v) is 12.2. The van der Waals surface area contributed by atoms with E-state index in [4.69, 9.17) is 0 Å². The van der Waals surface area contributed by atoms with Crippen molar-refractivity contribution in [1.82, 2.24) is 21.0 Å². The number of thiophene rings is 1. The lowest BCUT2D eigenvalue weighted by Gasteiger charge is -2.20. The molecule has 2 saturated heterocycles. The van der Waals surface area contributed by atoms with Crippen molar-refractivity contribution in [2.45, 2.75) is 44.2 Å². The Labute approximate surface area is 192 Å². The molecule has 7 nitrogen and oxygen atoms in total. The van der Waals surface area contributed by atoms with Crippen LogP contribution >= 0.6 is 11.3 Å². The highest BCUT2D eigenvalue weighted by Gasteiger charge is 2.30. The van der Waals surface area contributed by atoms with Gasteiger partial charge >= 0.3 is 0 Å². The molecule has 1 amide bonds. The molecule has 3 aromatic rings. The highest BCUT2D eigenvalue weighted by Crippen LogP contribution is 2.27. The molecule has 2 aromatic heterocycles. The summed E-state index contributed by atoms with van der Waals surface area (Å²) in [5, 5.41) is 14.0. The van der Waals surface area contributed by atoms with Gasteiger partial charge in [-0.05, 0) is 55.0 Å². The molecule has 1 aromatic carbocycles. The number of carbonyl (C=O) groups excluding carboxylic acids is 1. The van der Waals surface area contributed by atoms with Crippen LogP contribution in [0.1, 0.15) is 43.0 Å². The summed E-state index contributed by atoms with van der Waals surface area (Å²) >= 11 is 1.70. The van der Waals surface area contributed by atoms with Crippen LogP contribution in [-0.4, -0.2) is 35.2 Å². The summed E-state index contributed by atoms with van der Waals surface area (Å²) in [5.74, 6) is 0.900. The Kier molecular flexibility index (Phi) is 6.43. The average molecular weight is 449 g/mol. The number of rotatable bonds is 5. The number of hydrogen-bond donors (Lipinski definition) is 3. The summed E-state index contributed by atoms with van der Waals surface area (Å²) < 4.78 is 0. The molecule has 3 N–H and O–H groups in total. The molecule has 8 heteroatoms. The molecule has 5 rings (SSSR count). The second-order valence-corrected chi connectivity index (χ2v) is 9.37. The number of anilines is 2. The largest absolute Gasteiger partial charge is 0.355 e. The highest BCUT2D eigenvalue weighted by atomic mass is 32.1. The van der Waals surface area contributed by atoms with Gasteiger partial charge in [-0.25, -0.2) is 10.9 Å². The Morgan fingerprint density at radius 1 is 1.00 bits per heavy atom. The highest BCUT2D eigenvalue weighted by molar-refractivity contribution is 7.10.